The minimum absolute atomic E-state index is 0. The van der Waals surface area contributed by atoms with Crippen LogP contribution in [0.1, 0.15) is 53.9 Å². The van der Waals surface area contributed by atoms with Gasteiger partial charge < -0.3 is 25.8 Å². The van der Waals surface area contributed by atoms with Crippen molar-refractivity contribution in [3.8, 4) is 0 Å². The molecule has 1 atom stereocenters. The molecule has 0 radical (unpaired) electrons. The Bertz CT molecular complexity index is 367. The number of ether oxygens (including phenoxy) is 1. The van der Waals surface area contributed by atoms with Crippen LogP contribution in [0.15, 0.2) is 4.99 Å². The van der Waals surface area contributed by atoms with Crippen LogP contribution in [0.3, 0.4) is 0 Å². The van der Waals surface area contributed by atoms with Crippen LogP contribution in [0.5, 0.6) is 0 Å². The molecule has 0 fully saturated rings. The molecule has 1 amide bonds. The SMILES string of the molecule is CCCC(CCO)CN=C(NCC)NCCNC(=O)OC(C)(C)C.I. The predicted octanol–water partition coefficient (Wildman–Crippen LogP) is 2.48. The van der Waals surface area contributed by atoms with Crippen molar-refractivity contribution in [3.63, 3.8) is 0 Å². The Morgan fingerprint density at radius 3 is 2.28 bits per heavy atom. The minimum atomic E-state index is -0.491. The number of guanidine groups is 1. The van der Waals surface area contributed by atoms with Crippen LogP contribution in [0.2, 0.25) is 0 Å². The average Bonchev–Trinajstić information content (AvgIpc) is 2.47. The molecule has 0 aliphatic carbocycles. The molecule has 0 bridgehead atoms. The number of aliphatic imine (C=N–C) groups is 1. The summed E-state index contributed by atoms with van der Waals surface area (Å²) in [5.41, 5.74) is -0.491. The summed E-state index contributed by atoms with van der Waals surface area (Å²) < 4.78 is 5.18. The Hall–Kier alpha value is -0.770. The second kappa shape index (κ2) is 15.5. The standard InChI is InChI=1S/C17H36N4O3.HI/c1-6-8-14(9-12-22)13-21-15(18-7-2)19-10-11-20-16(23)24-17(3,4)5;/h14,22H,6-13H2,1-5H3,(H,20,23)(H2,18,19,21);1H. The number of aliphatic hydroxyl groups excluding tert-OH is 1. The molecule has 0 spiro atoms. The minimum Gasteiger partial charge on any atom is -0.444 e. The Morgan fingerprint density at radius 2 is 1.76 bits per heavy atom. The van der Waals surface area contributed by atoms with Crippen LogP contribution in [0, 0.1) is 5.92 Å². The third kappa shape index (κ3) is 16.4. The maximum atomic E-state index is 11.6. The van der Waals surface area contributed by atoms with Crippen molar-refractivity contribution in [1.82, 2.24) is 16.0 Å². The Labute approximate surface area is 169 Å². The van der Waals surface area contributed by atoms with Crippen LogP contribution in [0.4, 0.5) is 4.79 Å². The highest BCUT2D eigenvalue weighted by Crippen LogP contribution is 2.10. The molecule has 4 N–H and O–H groups in total. The van der Waals surface area contributed by atoms with Gasteiger partial charge in [0.1, 0.15) is 5.60 Å². The maximum Gasteiger partial charge on any atom is 0.407 e. The summed E-state index contributed by atoms with van der Waals surface area (Å²) in [5.74, 6) is 1.12. The summed E-state index contributed by atoms with van der Waals surface area (Å²) in [4.78, 5) is 16.1. The number of carbonyl (C=O) groups excluding carboxylic acids is 1. The molecule has 0 rings (SSSR count). The van der Waals surface area contributed by atoms with Crippen molar-refractivity contribution in [2.45, 2.75) is 59.5 Å². The van der Waals surface area contributed by atoms with E-state index < -0.39 is 11.7 Å². The summed E-state index contributed by atoms with van der Waals surface area (Å²) in [6, 6.07) is 0. The molecule has 1 unspecified atom stereocenters. The Balaban J connectivity index is 0. The van der Waals surface area contributed by atoms with E-state index in [1.165, 1.54) is 0 Å². The van der Waals surface area contributed by atoms with E-state index in [0.29, 0.717) is 25.6 Å². The van der Waals surface area contributed by atoms with Crippen LogP contribution in [0.25, 0.3) is 0 Å². The highest BCUT2D eigenvalue weighted by atomic mass is 127. The molecule has 8 heteroatoms. The van der Waals surface area contributed by atoms with Gasteiger partial charge in [0.25, 0.3) is 0 Å². The van der Waals surface area contributed by atoms with Gasteiger partial charge in [0.15, 0.2) is 5.96 Å². The lowest BCUT2D eigenvalue weighted by molar-refractivity contribution is 0.0529. The number of nitrogens with zero attached hydrogens (tertiary/aromatic N) is 1. The molecule has 7 nitrogen and oxygen atoms in total. The largest absolute Gasteiger partial charge is 0.444 e. The molecule has 0 saturated heterocycles. The average molecular weight is 472 g/mol. The zero-order valence-electron chi connectivity index (χ0n) is 16.4. The topological polar surface area (TPSA) is 95.0 Å². The lowest BCUT2D eigenvalue weighted by atomic mass is 10.0. The number of alkyl carbamates (subject to hydrolysis) is 1. The van der Waals surface area contributed by atoms with Gasteiger partial charge in [-0.2, -0.15) is 0 Å². The van der Waals surface area contributed by atoms with E-state index >= 15 is 0 Å². The number of carbonyl (C=O) groups is 1. The van der Waals surface area contributed by atoms with Crippen LogP contribution in [-0.4, -0.2) is 55.5 Å². The lowest BCUT2D eigenvalue weighted by Crippen LogP contribution is -2.42. The highest BCUT2D eigenvalue weighted by molar-refractivity contribution is 14.0. The zero-order chi connectivity index (χ0) is 18.4. The number of amides is 1. The summed E-state index contributed by atoms with van der Waals surface area (Å²) in [6.45, 7) is 12.3. The monoisotopic (exact) mass is 472 g/mol. The van der Waals surface area contributed by atoms with Gasteiger partial charge in [-0.1, -0.05) is 13.3 Å². The third-order valence-corrected chi connectivity index (χ3v) is 3.17. The number of halogens is 1. The van der Waals surface area contributed by atoms with E-state index in [4.69, 9.17) is 9.84 Å². The van der Waals surface area contributed by atoms with Gasteiger partial charge in [-0.05, 0) is 46.5 Å². The van der Waals surface area contributed by atoms with Gasteiger partial charge in [0, 0.05) is 32.8 Å². The van der Waals surface area contributed by atoms with Crippen LogP contribution >= 0.6 is 24.0 Å². The summed E-state index contributed by atoms with van der Waals surface area (Å²) in [7, 11) is 0. The Morgan fingerprint density at radius 1 is 1.12 bits per heavy atom. The fourth-order valence-corrected chi connectivity index (χ4v) is 2.14. The quantitative estimate of drug-likeness (QED) is 0.170. The van der Waals surface area contributed by atoms with Crippen molar-refractivity contribution in [1.29, 1.82) is 0 Å². The smallest absolute Gasteiger partial charge is 0.407 e. The molecular formula is C17H37IN4O3. The van der Waals surface area contributed by atoms with E-state index in [1.54, 1.807) is 0 Å². The molecule has 0 aliphatic heterocycles. The van der Waals surface area contributed by atoms with Crippen molar-refractivity contribution < 1.29 is 14.6 Å². The fourth-order valence-electron chi connectivity index (χ4n) is 2.14. The summed E-state index contributed by atoms with van der Waals surface area (Å²) in [5, 5.41) is 18.2. The van der Waals surface area contributed by atoms with Gasteiger partial charge in [-0.15, -0.1) is 24.0 Å². The number of rotatable bonds is 10. The molecule has 150 valence electrons. The summed E-state index contributed by atoms with van der Waals surface area (Å²) in [6.07, 6.45) is 2.50. The van der Waals surface area contributed by atoms with Crippen molar-refractivity contribution >= 4 is 36.0 Å². The fraction of sp³-hybridized carbons (Fsp3) is 0.882. The first-order valence-corrected chi connectivity index (χ1v) is 8.92. The van der Waals surface area contributed by atoms with Gasteiger partial charge in [-0.3, -0.25) is 4.99 Å². The maximum absolute atomic E-state index is 11.6. The molecule has 0 aromatic rings. The van der Waals surface area contributed by atoms with E-state index in [0.717, 1.165) is 31.8 Å². The molecule has 0 saturated carbocycles. The van der Waals surface area contributed by atoms with Gasteiger partial charge in [-0.25, -0.2) is 4.79 Å². The van der Waals surface area contributed by atoms with Gasteiger partial charge in [0.2, 0.25) is 0 Å². The first-order valence-electron chi connectivity index (χ1n) is 8.92. The molecular weight excluding hydrogens is 435 g/mol. The third-order valence-electron chi connectivity index (χ3n) is 3.17. The van der Waals surface area contributed by atoms with E-state index in [2.05, 4.69) is 27.9 Å². The second-order valence-corrected chi connectivity index (χ2v) is 6.74. The van der Waals surface area contributed by atoms with Gasteiger partial charge in [0.05, 0.1) is 0 Å². The lowest BCUT2D eigenvalue weighted by Gasteiger charge is -2.20. The summed E-state index contributed by atoms with van der Waals surface area (Å²) >= 11 is 0. The molecule has 0 aromatic heterocycles. The molecule has 0 aliphatic rings. The number of aliphatic hydroxyl groups is 1. The van der Waals surface area contributed by atoms with E-state index in [-0.39, 0.29) is 30.6 Å². The normalized spacial score (nSPS) is 12.8. The first kappa shape index (κ1) is 26.5. The van der Waals surface area contributed by atoms with Crippen molar-refractivity contribution in [2.75, 3.05) is 32.8 Å². The zero-order valence-corrected chi connectivity index (χ0v) is 18.7. The van der Waals surface area contributed by atoms with Crippen LogP contribution in [-0.2, 0) is 4.74 Å². The predicted molar refractivity (Wildman–Crippen MR) is 114 cm³/mol. The number of hydrogen-bond donors (Lipinski definition) is 4. The molecule has 0 heterocycles. The van der Waals surface area contributed by atoms with E-state index in [9.17, 15) is 4.79 Å². The molecule has 25 heavy (non-hydrogen) atoms. The number of hydrogen-bond acceptors (Lipinski definition) is 4. The highest BCUT2D eigenvalue weighted by Gasteiger charge is 2.15. The van der Waals surface area contributed by atoms with Crippen molar-refractivity contribution in [2.24, 2.45) is 10.9 Å². The van der Waals surface area contributed by atoms with E-state index in [1.807, 2.05) is 27.7 Å². The molecule has 0 aromatic carbocycles. The number of nitrogens with one attached hydrogen (secondary N) is 3. The second-order valence-electron chi connectivity index (χ2n) is 6.74. The van der Waals surface area contributed by atoms with Crippen molar-refractivity contribution in [3.05, 3.63) is 0 Å². The Kier molecular flexibility index (Phi) is 16.4. The first-order chi connectivity index (χ1) is 11.3. The van der Waals surface area contributed by atoms with Crippen LogP contribution < -0.4 is 16.0 Å². The van der Waals surface area contributed by atoms with Gasteiger partial charge >= 0.3 is 6.09 Å².